The highest BCUT2D eigenvalue weighted by molar-refractivity contribution is 7.89. The van der Waals surface area contributed by atoms with Gasteiger partial charge in [-0.2, -0.15) is 4.31 Å². The van der Waals surface area contributed by atoms with Crippen molar-refractivity contribution in [3.05, 3.63) is 28.8 Å². The molecule has 112 valence electrons. The molecule has 1 fully saturated rings. The highest BCUT2D eigenvalue weighted by Gasteiger charge is 2.33. The van der Waals surface area contributed by atoms with Crippen molar-refractivity contribution in [3.63, 3.8) is 0 Å². The lowest BCUT2D eigenvalue weighted by molar-refractivity contribution is 0.222. The molecule has 0 saturated carbocycles. The Hall–Kier alpha value is -0.870. The van der Waals surface area contributed by atoms with Crippen molar-refractivity contribution in [3.8, 4) is 0 Å². The third kappa shape index (κ3) is 2.91. The van der Waals surface area contributed by atoms with E-state index in [4.69, 9.17) is 0 Å². The molecule has 20 heavy (non-hydrogen) atoms. The van der Waals surface area contributed by atoms with Gasteiger partial charge in [0.05, 0.1) is 4.90 Å². The molecule has 0 spiro atoms. The quantitative estimate of drug-likeness (QED) is 0.839. The van der Waals surface area contributed by atoms with Crippen LogP contribution in [0.1, 0.15) is 37.0 Å². The molecule has 3 nitrogen and oxygen atoms in total. The summed E-state index contributed by atoms with van der Waals surface area (Å²) in [4.78, 5) is 0.504. The van der Waals surface area contributed by atoms with Crippen LogP contribution in [0.4, 0.5) is 0 Å². The zero-order valence-electron chi connectivity index (χ0n) is 13.1. The van der Waals surface area contributed by atoms with Crippen molar-refractivity contribution in [2.75, 3.05) is 13.1 Å². The van der Waals surface area contributed by atoms with Crippen LogP contribution in [0.5, 0.6) is 0 Å². The number of hydrogen-bond acceptors (Lipinski definition) is 2. The molecular weight excluding hydrogens is 270 g/mol. The van der Waals surface area contributed by atoms with Gasteiger partial charge in [0.1, 0.15) is 0 Å². The molecule has 0 unspecified atom stereocenters. The largest absolute Gasteiger partial charge is 0.243 e. The number of benzene rings is 1. The van der Waals surface area contributed by atoms with Crippen molar-refractivity contribution < 1.29 is 8.42 Å². The van der Waals surface area contributed by atoms with Gasteiger partial charge in [-0.05, 0) is 50.2 Å². The molecule has 0 N–H and O–H groups in total. The van der Waals surface area contributed by atoms with E-state index in [-0.39, 0.29) is 0 Å². The van der Waals surface area contributed by atoms with Crippen LogP contribution in [0.2, 0.25) is 0 Å². The molecule has 1 aliphatic rings. The van der Waals surface area contributed by atoms with E-state index in [9.17, 15) is 8.42 Å². The summed E-state index contributed by atoms with van der Waals surface area (Å²) in [6.07, 6.45) is 1.11. The third-order valence-corrected chi connectivity index (χ3v) is 6.18. The molecule has 0 amide bonds. The van der Waals surface area contributed by atoms with Gasteiger partial charge in [-0.3, -0.25) is 0 Å². The Bertz CT molecular complexity index is 574. The predicted octanol–water partition coefficient (Wildman–Crippen LogP) is 3.28. The maximum absolute atomic E-state index is 13.0. The van der Waals surface area contributed by atoms with E-state index in [1.807, 2.05) is 32.9 Å². The van der Waals surface area contributed by atoms with E-state index in [1.54, 1.807) is 4.31 Å². The van der Waals surface area contributed by atoms with E-state index in [0.717, 1.165) is 23.1 Å². The van der Waals surface area contributed by atoms with Gasteiger partial charge in [-0.25, -0.2) is 8.42 Å². The van der Waals surface area contributed by atoms with Crippen molar-refractivity contribution in [2.45, 2.75) is 45.9 Å². The second-order valence-corrected chi connectivity index (χ2v) is 8.37. The van der Waals surface area contributed by atoms with E-state index < -0.39 is 10.0 Å². The molecule has 1 saturated heterocycles. The number of nitrogens with zero attached hydrogens (tertiary/aromatic N) is 1. The molecule has 2 rings (SSSR count). The van der Waals surface area contributed by atoms with Crippen molar-refractivity contribution >= 4 is 10.0 Å². The van der Waals surface area contributed by atoms with E-state index in [0.29, 0.717) is 29.8 Å². The van der Waals surface area contributed by atoms with Crippen molar-refractivity contribution in [1.82, 2.24) is 4.31 Å². The Kier molecular flexibility index (Phi) is 4.26. The number of sulfonamides is 1. The summed E-state index contributed by atoms with van der Waals surface area (Å²) in [6.45, 7) is 11.3. The van der Waals surface area contributed by atoms with Crippen LogP contribution >= 0.6 is 0 Å². The summed E-state index contributed by atoms with van der Waals surface area (Å²) in [5.41, 5.74) is 2.82. The fraction of sp³-hybridized carbons (Fsp3) is 0.625. The molecule has 1 aliphatic heterocycles. The lowest BCUT2D eigenvalue weighted by atomic mass is 9.94. The Labute approximate surface area is 123 Å². The fourth-order valence-corrected chi connectivity index (χ4v) is 5.60. The summed E-state index contributed by atoms with van der Waals surface area (Å²) in [5, 5.41) is 0. The topological polar surface area (TPSA) is 37.4 Å². The number of rotatable bonds is 2. The fourth-order valence-electron chi connectivity index (χ4n) is 3.50. The van der Waals surface area contributed by atoms with Crippen LogP contribution in [0.25, 0.3) is 0 Å². The molecule has 0 aliphatic carbocycles. The molecular formula is C16H25NO2S. The van der Waals surface area contributed by atoms with Gasteiger partial charge in [0.2, 0.25) is 10.0 Å². The Morgan fingerprint density at radius 3 is 1.90 bits per heavy atom. The molecule has 1 heterocycles. The molecule has 1 aromatic rings. The lowest BCUT2D eigenvalue weighted by Gasteiger charge is -2.34. The van der Waals surface area contributed by atoms with Gasteiger partial charge in [0.25, 0.3) is 0 Å². The normalized spacial score (nSPS) is 24.9. The smallest absolute Gasteiger partial charge is 0.207 e. The SMILES string of the molecule is Cc1cc(C)c(S(=O)(=O)N2C[C@H](C)C[C@H](C)C2)c(C)c1. The van der Waals surface area contributed by atoms with Gasteiger partial charge in [0.15, 0.2) is 0 Å². The minimum Gasteiger partial charge on any atom is -0.207 e. The van der Waals surface area contributed by atoms with Crippen LogP contribution in [-0.2, 0) is 10.0 Å². The van der Waals surface area contributed by atoms with Crippen LogP contribution in [0.15, 0.2) is 17.0 Å². The van der Waals surface area contributed by atoms with E-state index in [2.05, 4.69) is 13.8 Å². The first-order valence-electron chi connectivity index (χ1n) is 7.29. The average molecular weight is 295 g/mol. The molecule has 0 aromatic heterocycles. The van der Waals surface area contributed by atoms with Crippen LogP contribution in [0.3, 0.4) is 0 Å². The molecule has 1 aromatic carbocycles. The standard InChI is InChI=1S/C16H25NO2S/c1-11-7-14(4)16(15(5)8-11)20(18,19)17-9-12(2)6-13(3)10-17/h7-8,12-13H,6,9-10H2,1-5H3/t12-,13+. The van der Waals surface area contributed by atoms with Crippen molar-refractivity contribution in [2.24, 2.45) is 11.8 Å². The highest BCUT2D eigenvalue weighted by atomic mass is 32.2. The lowest BCUT2D eigenvalue weighted by Crippen LogP contribution is -2.42. The van der Waals surface area contributed by atoms with Crippen LogP contribution in [0, 0.1) is 32.6 Å². The minimum absolute atomic E-state index is 0.430. The van der Waals surface area contributed by atoms with Gasteiger partial charge < -0.3 is 0 Å². The molecule has 4 heteroatoms. The second kappa shape index (κ2) is 5.49. The first-order chi connectivity index (χ1) is 9.21. The maximum Gasteiger partial charge on any atom is 0.243 e. The van der Waals surface area contributed by atoms with Gasteiger partial charge >= 0.3 is 0 Å². The summed E-state index contributed by atoms with van der Waals surface area (Å²) in [5.74, 6) is 0.860. The van der Waals surface area contributed by atoms with Gasteiger partial charge in [-0.1, -0.05) is 31.5 Å². The molecule has 0 radical (unpaired) electrons. The first kappa shape index (κ1) is 15.5. The Balaban J connectivity index is 2.45. The number of piperidine rings is 1. The van der Waals surface area contributed by atoms with E-state index >= 15 is 0 Å². The number of aryl methyl sites for hydroxylation is 3. The average Bonchev–Trinajstić information content (AvgIpc) is 2.25. The van der Waals surface area contributed by atoms with E-state index in [1.165, 1.54) is 0 Å². The summed E-state index contributed by atoms with van der Waals surface area (Å²) >= 11 is 0. The molecule has 0 bridgehead atoms. The zero-order valence-corrected chi connectivity index (χ0v) is 13.9. The highest BCUT2D eigenvalue weighted by Crippen LogP contribution is 2.30. The first-order valence-corrected chi connectivity index (χ1v) is 8.73. The Morgan fingerprint density at radius 2 is 1.45 bits per heavy atom. The zero-order chi connectivity index (χ0) is 15.1. The second-order valence-electron chi connectivity index (χ2n) is 6.50. The maximum atomic E-state index is 13.0. The summed E-state index contributed by atoms with van der Waals surface area (Å²) in [7, 11) is -3.37. The summed E-state index contributed by atoms with van der Waals surface area (Å²) in [6, 6.07) is 3.91. The monoisotopic (exact) mass is 295 g/mol. The molecule has 2 atom stereocenters. The van der Waals surface area contributed by atoms with Gasteiger partial charge in [0, 0.05) is 13.1 Å². The van der Waals surface area contributed by atoms with Crippen molar-refractivity contribution in [1.29, 1.82) is 0 Å². The minimum atomic E-state index is -3.37. The Morgan fingerprint density at radius 1 is 1.00 bits per heavy atom. The predicted molar refractivity (Wildman–Crippen MR) is 82.4 cm³/mol. The van der Waals surface area contributed by atoms with Crippen LogP contribution in [-0.4, -0.2) is 25.8 Å². The third-order valence-electron chi connectivity index (χ3n) is 4.04. The number of hydrogen-bond donors (Lipinski definition) is 0. The van der Waals surface area contributed by atoms with Gasteiger partial charge in [-0.15, -0.1) is 0 Å². The summed E-state index contributed by atoms with van der Waals surface area (Å²) < 4.78 is 27.6. The van der Waals surface area contributed by atoms with Crippen LogP contribution < -0.4 is 0 Å².